The molecule has 1 aliphatic rings. The fraction of sp³-hybridized carbons (Fsp3) is 0.318. The monoisotopic (exact) mass is 415 g/mol. The molecule has 6 nitrogen and oxygen atoms in total. The van der Waals surface area contributed by atoms with Crippen LogP contribution in [0.15, 0.2) is 59.8 Å². The van der Waals surface area contributed by atoms with Crippen LogP contribution in [-0.2, 0) is 18.4 Å². The van der Waals surface area contributed by atoms with E-state index < -0.39 is 19.2 Å². The van der Waals surface area contributed by atoms with E-state index in [4.69, 9.17) is 13.8 Å². The van der Waals surface area contributed by atoms with Crippen molar-refractivity contribution in [1.29, 1.82) is 0 Å². The summed E-state index contributed by atoms with van der Waals surface area (Å²) in [7, 11) is -3.69. The fourth-order valence-corrected chi connectivity index (χ4v) is 5.64. The lowest BCUT2D eigenvalue weighted by Crippen LogP contribution is -2.27. The van der Waals surface area contributed by atoms with Crippen LogP contribution in [0.3, 0.4) is 0 Å². The van der Waals surface area contributed by atoms with Crippen molar-refractivity contribution in [3.05, 3.63) is 70.9 Å². The summed E-state index contributed by atoms with van der Waals surface area (Å²) in [5, 5.41) is 3.23. The van der Waals surface area contributed by atoms with E-state index in [1.54, 1.807) is 39.0 Å². The molecule has 1 atom stereocenters. The van der Waals surface area contributed by atoms with Gasteiger partial charge in [-0.3, -0.25) is 4.57 Å². The first kappa shape index (κ1) is 21.3. The lowest BCUT2D eigenvalue weighted by Gasteiger charge is -2.33. The number of carbonyl (C=O) groups is 1. The Hall–Kier alpha value is -2.40. The largest absolute Gasteiger partial charge is 0.423 e. The summed E-state index contributed by atoms with van der Waals surface area (Å²) in [5.41, 5.74) is 2.46. The molecule has 1 unspecified atom stereocenters. The predicted molar refractivity (Wildman–Crippen MR) is 113 cm³/mol. The van der Waals surface area contributed by atoms with E-state index in [0.717, 1.165) is 11.3 Å². The highest BCUT2D eigenvalue weighted by Gasteiger charge is 2.47. The number of rotatable bonds is 7. The van der Waals surface area contributed by atoms with Gasteiger partial charge in [-0.1, -0.05) is 35.9 Å². The Morgan fingerprint density at radius 3 is 2.31 bits per heavy atom. The minimum atomic E-state index is -3.69. The Morgan fingerprint density at radius 1 is 1.07 bits per heavy atom. The van der Waals surface area contributed by atoms with Gasteiger partial charge in [0.1, 0.15) is 11.4 Å². The van der Waals surface area contributed by atoms with Crippen molar-refractivity contribution in [3.63, 3.8) is 0 Å². The quantitative estimate of drug-likeness (QED) is 0.274. The van der Waals surface area contributed by atoms with Gasteiger partial charge in [0, 0.05) is 16.9 Å². The number of para-hydroxylation sites is 1. The van der Waals surface area contributed by atoms with Gasteiger partial charge in [0.05, 0.1) is 18.8 Å². The number of allylic oxidation sites excluding steroid dienone is 1. The zero-order valence-corrected chi connectivity index (χ0v) is 18.0. The van der Waals surface area contributed by atoms with Gasteiger partial charge in [0.15, 0.2) is 0 Å². The Kier molecular flexibility index (Phi) is 6.58. The highest BCUT2D eigenvalue weighted by atomic mass is 31.2. The van der Waals surface area contributed by atoms with Crippen molar-refractivity contribution in [2.24, 2.45) is 0 Å². The third-order valence-corrected chi connectivity index (χ3v) is 7.04. The first-order chi connectivity index (χ1) is 13.9. The normalized spacial score (nSPS) is 18.1. The van der Waals surface area contributed by atoms with Crippen LogP contribution in [0.2, 0.25) is 0 Å². The Morgan fingerprint density at radius 2 is 1.69 bits per heavy atom. The number of ether oxygens (including phenoxy) is 1. The minimum absolute atomic E-state index is 0.197. The topological polar surface area (TPSA) is 73.9 Å². The summed E-state index contributed by atoms with van der Waals surface area (Å²) in [6, 6.07) is 14.8. The molecule has 0 bridgehead atoms. The molecule has 0 aliphatic carbocycles. The van der Waals surface area contributed by atoms with Gasteiger partial charge in [-0.25, -0.2) is 4.79 Å². The van der Waals surface area contributed by atoms with Gasteiger partial charge in [-0.05, 0) is 45.9 Å². The lowest BCUT2D eigenvalue weighted by molar-refractivity contribution is -0.131. The van der Waals surface area contributed by atoms with Crippen LogP contribution in [0, 0.1) is 6.92 Å². The number of hydrogen-bond donors (Lipinski definition) is 1. The number of esters is 1. The molecule has 2 aromatic rings. The van der Waals surface area contributed by atoms with Crippen LogP contribution in [-0.4, -0.2) is 19.2 Å². The number of fused-ring (bicyclic) bond motifs is 1. The van der Waals surface area contributed by atoms with E-state index >= 15 is 0 Å². The molecule has 1 N–H and O–H groups in total. The van der Waals surface area contributed by atoms with Crippen molar-refractivity contribution in [1.82, 2.24) is 0 Å². The maximum absolute atomic E-state index is 13.8. The van der Waals surface area contributed by atoms with Gasteiger partial charge in [-0.15, -0.1) is 0 Å². The summed E-state index contributed by atoms with van der Waals surface area (Å²) < 4.78 is 30.6. The molecule has 1 heterocycles. The van der Waals surface area contributed by atoms with Crippen LogP contribution in [0.1, 0.15) is 37.6 Å². The molecule has 29 heavy (non-hydrogen) atoms. The minimum Gasteiger partial charge on any atom is -0.423 e. The highest BCUT2D eigenvalue weighted by molar-refractivity contribution is 7.54. The molecule has 1 aliphatic heterocycles. The van der Waals surface area contributed by atoms with Crippen molar-refractivity contribution < 1.29 is 23.1 Å². The van der Waals surface area contributed by atoms with Crippen LogP contribution in [0.25, 0.3) is 0 Å². The molecule has 7 heteroatoms. The predicted octanol–water partition coefficient (Wildman–Crippen LogP) is 5.61. The van der Waals surface area contributed by atoms with Crippen molar-refractivity contribution in [2.45, 2.75) is 33.4 Å². The van der Waals surface area contributed by atoms with Crippen LogP contribution in [0.4, 0.5) is 5.69 Å². The maximum atomic E-state index is 13.8. The van der Waals surface area contributed by atoms with E-state index in [0.29, 0.717) is 17.0 Å². The lowest BCUT2D eigenvalue weighted by atomic mass is 9.99. The molecule has 0 spiro atoms. The molecule has 0 radical (unpaired) electrons. The zero-order chi connectivity index (χ0) is 21.0. The first-order valence-corrected chi connectivity index (χ1v) is 11.2. The molecule has 2 aromatic carbocycles. The van der Waals surface area contributed by atoms with E-state index in [-0.39, 0.29) is 18.8 Å². The summed E-state index contributed by atoms with van der Waals surface area (Å²) in [6.45, 7) is 7.66. The van der Waals surface area contributed by atoms with Crippen molar-refractivity contribution in [3.8, 4) is 5.75 Å². The molecule has 0 aromatic heterocycles. The molecule has 0 amide bonds. The SMILES string of the molecule is CCOP(=O)(OCC)C1C(=C(C)Nc2ccc(C)cc2)C(=O)Oc2ccccc21. The number of benzene rings is 2. The van der Waals surface area contributed by atoms with E-state index in [1.807, 2.05) is 37.3 Å². The third-order valence-electron chi connectivity index (χ3n) is 4.63. The second-order valence-corrected chi connectivity index (χ2v) is 8.85. The van der Waals surface area contributed by atoms with Gasteiger partial charge >= 0.3 is 13.6 Å². The number of hydrogen-bond acceptors (Lipinski definition) is 6. The van der Waals surface area contributed by atoms with E-state index in [1.165, 1.54) is 0 Å². The molecule has 0 saturated carbocycles. The molecule has 0 fully saturated rings. The van der Waals surface area contributed by atoms with Gasteiger partial charge in [0.25, 0.3) is 0 Å². The molecule has 0 saturated heterocycles. The summed E-state index contributed by atoms with van der Waals surface area (Å²) in [5.74, 6) is -0.195. The number of anilines is 1. The fourth-order valence-electron chi connectivity index (χ4n) is 3.37. The highest BCUT2D eigenvalue weighted by Crippen LogP contribution is 2.66. The van der Waals surface area contributed by atoms with Gasteiger partial charge in [-0.2, -0.15) is 0 Å². The van der Waals surface area contributed by atoms with Crippen LogP contribution in [0.5, 0.6) is 5.75 Å². The molecule has 154 valence electrons. The first-order valence-electron chi connectivity index (χ1n) is 9.64. The number of aryl methyl sites for hydroxylation is 1. The smallest absolute Gasteiger partial charge is 0.342 e. The zero-order valence-electron chi connectivity index (χ0n) is 17.1. The van der Waals surface area contributed by atoms with Crippen molar-refractivity contribution >= 4 is 19.3 Å². The van der Waals surface area contributed by atoms with Gasteiger partial charge < -0.3 is 19.1 Å². The maximum Gasteiger partial charge on any atom is 0.342 e. The standard InChI is InChI=1S/C22H26NO5P/c1-5-26-29(25,27-6-2)21-18-9-7-8-10-19(18)28-22(24)20(21)16(4)23-17-13-11-15(3)12-14-17/h7-14,21,23H,5-6H2,1-4H3. The van der Waals surface area contributed by atoms with E-state index in [9.17, 15) is 9.36 Å². The second-order valence-electron chi connectivity index (χ2n) is 6.73. The summed E-state index contributed by atoms with van der Waals surface area (Å²) >= 11 is 0. The average Bonchev–Trinajstić information content (AvgIpc) is 2.69. The van der Waals surface area contributed by atoms with E-state index in [2.05, 4.69) is 5.32 Å². The summed E-state index contributed by atoms with van der Waals surface area (Å²) in [6.07, 6.45) is 0. The van der Waals surface area contributed by atoms with Crippen molar-refractivity contribution in [2.75, 3.05) is 18.5 Å². The molecule has 3 rings (SSSR count). The van der Waals surface area contributed by atoms with Gasteiger partial charge in [0.2, 0.25) is 0 Å². The Labute approximate surface area is 171 Å². The number of nitrogens with one attached hydrogen (secondary N) is 1. The Bertz CT molecular complexity index is 957. The average molecular weight is 415 g/mol. The molecular weight excluding hydrogens is 389 g/mol. The van der Waals surface area contributed by atoms with Crippen LogP contribution >= 0.6 is 7.60 Å². The Balaban J connectivity index is 2.15. The second kappa shape index (κ2) is 8.95. The molecular formula is C22H26NO5P. The number of carbonyl (C=O) groups excluding carboxylic acids is 1. The van der Waals surface area contributed by atoms with Crippen LogP contribution < -0.4 is 10.1 Å². The third kappa shape index (κ3) is 4.45. The summed E-state index contributed by atoms with van der Waals surface area (Å²) in [4.78, 5) is 13.0.